The predicted molar refractivity (Wildman–Crippen MR) is 65.5 cm³/mol. The second-order valence-electron chi connectivity index (χ2n) is 4.60. The van der Waals surface area contributed by atoms with E-state index in [9.17, 15) is 4.79 Å². The Hall–Kier alpha value is -1.51. The summed E-state index contributed by atoms with van der Waals surface area (Å²) in [6.07, 6.45) is 0.798. The number of carbonyl (C=O) groups is 1. The molecule has 0 spiro atoms. The fourth-order valence-electron chi connectivity index (χ4n) is 1.95. The first-order chi connectivity index (χ1) is 7.59. The quantitative estimate of drug-likeness (QED) is 0.822. The molecule has 1 heterocycles. The second-order valence-corrected chi connectivity index (χ2v) is 4.60. The number of carbonyl (C=O) groups excluding carboxylic acids is 1. The normalized spacial score (nSPS) is 18.1. The van der Waals surface area contributed by atoms with Crippen LogP contribution in [0, 0.1) is 0 Å². The number of anilines is 1. The maximum atomic E-state index is 12.1. The Labute approximate surface area is 96.5 Å². The molecule has 3 heteroatoms. The molecule has 1 aliphatic heterocycles. The summed E-state index contributed by atoms with van der Waals surface area (Å²) in [5.41, 5.74) is 2.33. The molecule has 0 aliphatic carbocycles. The summed E-state index contributed by atoms with van der Waals surface area (Å²) in [5, 5.41) is 3.28. The maximum Gasteiger partial charge on any atom is 0.245 e. The molecule has 0 aromatic heterocycles. The van der Waals surface area contributed by atoms with Crippen molar-refractivity contribution in [3.05, 3.63) is 29.8 Å². The molecule has 3 nitrogen and oxygen atoms in total. The van der Waals surface area contributed by atoms with Crippen LogP contribution in [0.25, 0.3) is 0 Å². The van der Waals surface area contributed by atoms with Gasteiger partial charge < -0.3 is 10.2 Å². The highest BCUT2D eigenvalue weighted by Crippen LogP contribution is 2.26. The molecule has 0 saturated heterocycles. The van der Waals surface area contributed by atoms with Crippen LogP contribution in [0.4, 0.5) is 5.69 Å². The largest absolute Gasteiger partial charge is 0.373 e. The van der Waals surface area contributed by atoms with Crippen molar-refractivity contribution in [3.63, 3.8) is 0 Å². The SMILES string of the molecule is CC(C)N(C)C(=O)C1Cc2ccccc2N1. The molecule has 16 heavy (non-hydrogen) atoms. The van der Waals surface area contributed by atoms with Gasteiger partial charge in [0.05, 0.1) is 0 Å². The Morgan fingerprint density at radius 3 is 2.75 bits per heavy atom. The van der Waals surface area contributed by atoms with Crippen molar-refractivity contribution in [2.24, 2.45) is 0 Å². The Kier molecular flexibility index (Phi) is 2.86. The fraction of sp³-hybridized carbons (Fsp3) is 0.462. The smallest absolute Gasteiger partial charge is 0.245 e. The van der Waals surface area contributed by atoms with E-state index in [1.165, 1.54) is 5.56 Å². The van der Waals surface area contributed by atoms with E-state index >= 15 is 0 Å². The Bertz CT molecular complexity index is 376. The fourth-order valence-corrected chi connectivity index (χ4v) is 1.95. The average Bonchev–Trinajstić information content (AvgIpc) is 2.70. The molecule has 1 amide bonds. The lowest BCUT2D eigenvalue weighted by Gasteiger charge is -2.25. The van der Waals surface area contributed by atoms with Crippen molar-refractivity contribution in [3.8, 4) is 0 Å². The predicted octanol–water partition coefficient (Wildman–Crippen LogP) is 1.89. The molecule has 1 unspecified atom stereocenters. The van der Waals surface area contributed by atoms with Crippen LogP contribution in [0.3, 0.4) is 0 Å². The zero-order valence-electron chi connectivity index (χ0n) is 10.0. The van der Waals surface area contributed by atoms with E-state index in [4.69, 9.17) is 0 Å². The van der Waals surface area contributed by atoms with Crippen molar-refractivity contribution >= 4 is 11.6 Å². The summed E-state index contributed by atoms with van der Waals surface area (Å²) in [6.45, 7) is 4.06. The molecular weight excluding hydrogens is 200 g/mol. The highest BCUT2D eigenvalue weighted by molar-refractivity contribution is 5.87. The van der Waals surface area contributed by atoms with Gasteiger partial charge in [0, 0.05) is 25.2 Å². The molecular formula is C13H18N2O. The van der Waals surface area contributed by atoms with Gasteiger partial charge in [-0.05, 0) is 25.5 Å². The summed E-state index contributed by atoms with van der Waals surface area (Å²) in [7, 11) is 1.86. The summed E-state index contributed by atoms with van der Waals surface area (Å²) in [6, 6.07) is 8.26. The average molecular weight is 218 g/mol. The first kappa shape index (κ1) is 11.0. The molecule has 0 radical (unpaired) electrons. The maximum absolute atomic E-state index is 12.1. The number of hydrogen-bond donors (Lipinski definition) is 1. The van der Waals surface area contributed by atoms with Crippen LogP contribution in [0.1, 0.15) is 19.4 Å². The monoisotopic (exact) mass is 218 g/mol. The van der Waals surface area contributed by atoms with Crippen LogP contribution < -0.4 is 5.32 Å². The van der Waals surface area contributed by atoms with E-state index in [1.807, 2.05) is 39.1 Å². The zero-order chi connectivity index (χ0) is 11.7. The number of fused-ring (bicyclic) bond motifs is 1. The minimum absolute atomic E-state index is 0.0928. The molecule has 0 saturated carbocycles. The number of nitrogens with one attached hydrogen (secondary N) is 1. The van der Waals surface area contributed by atoms with E-state index in [0.29, 0.717) is 0 Å². The lowest BCUT2D eigenvalue weighted by atomic mass is 10.1. The van der Waals surface area contributed by atoms with Crippen molar-refractivity contribution < 1.29 is 4.79 Å². The Balaban J connectivity index is 2.09. The van der Waals surface area contributed by atoms with E-state index in [1.54, 1.807) is 4.90 Å². The first-order valence-electron chi connectivity index (χ1n) is 5.70. The van der Waals surface area contributed by atoms with Gasteiger partial charge in [-0.25, -0.2) is 0 Å². The van der Waals surface area contributed by atoms with Gasteiger partial charge in [0.25, 0.3) is 0 Å². The molecule has 1 aromatic rings. The van der Waals surface area contributed by atoms with Gasteiger partial charge in [0.1, 0.15) is 6.04 Å². The molecule has 1 aliphatic rings. The van der Waals surface area contributed by atoms with Crippen LogP contribution in [0.2, 0.25) is 0 Å². The van der Waals surface area contributed by atoms with Gasteiger partial charge in [0.2, 0.25) is 5.91 Å². The zero-order valence-corrected chi connectivity index (χ0v) is 10.0. The van der Waals surface area contributed by atoms with Crippen LogP contribution >= 0.6 is 0 Å². The number of hydrogen-bond acceptors (Lipinski definition) is 2. The summed E-state index contributed by atoms with van der Waals surface area (Å²) in [5.74, 6) is 0.172. The minimum atomic E-state index is -0.0928. The Morgan fingerprint density at radius 2 is 2.12 bits per heavy atom. The number of benzene rings is 1. The summed E-state index contributed by atoms with van der Waals surface area (Å²) >= 11 is 0. The van der Waals surface area contributed by atoms with Gasteiger partial charge in [-0.2, -0.15) is 0 Å². The number of likely N-dealkylation sites (N-methyl/N-ethyl adjacent to an activating group) is 1. The van der Waals surface area contributed by atoms with E-state index in [2.05, 4.69) is 11.4 Å². The lowest BCUT2D eigenvalue weighted by molar-refractivity contribution is -0.132. The van der Waals surface area contributed by atoms with Crippen LogP contribution in [-0.2, 0) is 11.2 Å². The van der Waals surface area contributed by atoms with E-state index in [0.717, 1.165) is 12.1 Å². The highest BCUT2D eigenvalue weighted by Gasteiger charge is 2.29. The number of rotatable bonds is 2. The highest BCUT2D eigenvalue weighted by atomic mass is 16.2. The number of nitrogens with zero attached hydrogens (tertiary/aromatic N) is 1. The van der Waals surface area contributed by atoms with Gasteiger partial charge in [0.15, 0.2) is 0 Å². The van der Waals surface area contributed by atoms with Crippen molar-refractivity contribution in [1.29, 1.82) is 0 Å². The molecule has 1 atom stereocenters. The van der Waals surface area contributed by atoms with Gasteiger partial charge in [-0.3, -0.25) is 4.79 Å². The standard InChI is InChI=1S/C13H18N2O/c1-9(2)15(3)13(16)12-8-10-6-4-5-7-11(10)14-12/h4-7,9,12,14H,8H2,1-3H3. The third-order valence-electron chi connectivity index (χ3n) is 3.19. The molecule has 0 bridgehead atoms. The molecule has 1 aromatic carbocycles. The van der Waals surface area contributed by atoms with Crippen molar-refractivity contribution in [2.75, 3.05) is 12.4 Å². The van der Waals surface area contributed by atoms with Gasteiger partial charge in [-0.15, -0.1) is 0 Å². The van der Waals surface area contributed by atoms with E-state index in [-0.39, 0.29) is 18.0 Å². The van der Waals surface area contributed by atoms with Crippen LogP contribution in [-0.4, -0.2) is 29.9 Å². The van der Waals surface area contributed by atoms with Crippen molar-refractivity contribution in [1.82, 2.24) is 4.90 Å². The first-order valence-corrected chi connectivity index (χ1v) is 5.70. The number of para-hydroxylation sites is 1. The van der Waals surface area contributed by atoms with Gasteiger partial charge in [-0.1, -0.05) is 18.2 Å². The summed E-state index contributed by atoms with van der Waals surface area (Å²) < 4.78 is 0. The molecule has 86 valence electrons. The van der Waals surface area contributed by atoms with Crippen LogP contribution in [0.5, 0.6) is 0 Å². The van der Waals surface area contributed by atoms with Crippen LogP contribution in [0.15, 0.2) is 24.3 Å². The molecule has 2 rings (SSSR count). The van der Waals surface area contributed by atoms with Gasteiger partial charge >= 0.3 is 0 Å². The topological polar surface area (TPSA) is 32.3 Å². The van der Waals surface area contributed by atoms with Crippen molar-refractivity contribution in [2.45, 2.75) is 32.4 Å². The summed E-state index contributed by atoms with van der Waals surface area (Å²) in [4.78, 5) is 13.9. The molecule has 1 N–H and O–H groups in total. The third kappa shape index (κ3) is 1.90. The third-order valence-corrected chi connectivity index (χ3v) is 3.19. The lowest BCUT2D eigenvalue weighted by Crippen LogP contribution is -2.43. The second kappa shape index (κ2) is 4.16. The number of amides is 1. The minimum Gasteiger partial charge on any atom is -0.373 e. The van der Waals surface area contributed by atoms with E-state index < -0.39 is 0 Å². The molecule has 0 fully saturated rings. The Morgan fingerprint density at radius 1 is 1.44 bits per heavy atom.